The summed E-state index contributed by atoms with van der Waals surface area (Å²) in [6, 6.07) is 6.33. The van der Waals surface area contributed by atoms with Gasteiger partial charge in [0.2, 0.25) is 0 Å². The van der Waals surface area contributed by atoms with Crippen LogP contribution >= 0.6 is 11.6 Å². The Morgan fingerprint density at radius 3 is 2.61 bits per heavy atom. The molecule has 3 atom stereocenters. The van der Waals surface area contributed by atoms with Gasteiger partial charge in [-0.2, -0.15) is 0 Å². The summed E-state index contributed by atoms with van der Waals surface area (Å²) in [5, 5.41) is 20.1. The molecule has 3 heterocycles. The van der Waals surface area contributed by atoms with Gasteiger partial charge in [-0.05, 0) is 35.9 Å². The van der Waals surface area contributed by atoms with E-state index in [4.69, 9.17) is 16.3 Å². The summed E-state index contributed by atoms with van der Waals surface area (Å²) >= 11 is 5.83. The summed E-state index contributed by atoms with van der Waals surface area (Å²) in [7, 11) is 0. The first-order chi connectivity index (χ1) is 15.9. The first-order valence-electron chi connectivity index (χ1n) is 9.93. The molecule has 1 aliphatic heterocycles. The van der Waals surface area contributed by atoms with Crippen LogP contribution in [0.5, 0.6) is 0 Å². The zero-order valence-corrected chi connectivity index (χ0v) is 17.8. The van der Waals surface area contributed by atoms with E-state index in [0.29, 0.717) is 11.1 Å². The van der Waals surface area contributed by atoms with Crippen LogP contribution in [0.4, 0.5) is 8.78 Å². The van der Waals surface area contributed by atoms with Gasteiger partial charge in [0.05, 0.1) is 11.4 Å². The standard InChI is InChI=1S/C23H18ClF2N3O4/c24-10-20-22(32)18(31)9-19(33-20)13-4-6-27-11-12(13)8-17(30)16-5-7-28-23(29-16)21-14(25)2-1-3-15(21)26/h1-7,9,11,18,20,22,31-32H,8,10H2/t18-,20-,22+/m1/s1. The van der Waals surface area contributed by atoms with Crippen molar-refractivity contribution in [3.05, 3.63) is 83.5 Å². The first kappa shape index (κ1) is 22.9. The molecule has 1 aliphatic rings. The first-order valence-corrected chi connectivity index (χ1v) is 10.5. The third kappa shape index (κ3) is 4.75. The number of aliphatic hydroxyl groups is 2. The monoisotopic (exact) mass is 473 g/mol. The summed E-state index contributed by atoms with van der Waals surface area (Å²) in [4.78, 5) is 25.0. The van der Waals surface area contributed by atoms with Gasteiger partial charge in [-0.3, -0.25) is 9.78 Å². The molecule has 0 fully saturated rings. The van der Waals surface area contributed by atoms with E-state index in [2.05, 4.69) is 15.0 Å². The molecule has 2 N–H and O–H groups in total. The minimum Gasteiger partial charge on any atom is -0.486 e. The molecule has 33 heavy (non-hydrogen) atoms. The maximum Gasteiger partial charge on any atom is 0.185 e. The van der Waals surface area contributed by atoms with Crippen molar-refractivity contribution >= 4 is 23.1 Å². The minimum atomic E-state index is -1.20. The maximum absolute atomic E-state index is 14.1. The lowest BCUT2D eigenvalue weighted by atomic mass is 9.98. The highest BCUT2D eigenvalue weighted by molar-refractivity contribution is 6.18. The van der Waals surface area contributed by atoms with E-state index in [1.165, 1.54) is 36.8 Å². The van der Waals surface area contributed by atoms with Crippen LogP contribution in [0.25, 0.3) is 17.1 Å². The average molecular weight is 474 g/mol. The summed E-state index contributed by atoms with van der Waals surface area (Å²) in [5.74, 6) is -2.18. The summed E-state index contributed by atoms with van der Waals surface area (Å²) in [5.41, 5.74) is 0.483. The number of pyridine rings is 1. The van der Waals surface area contributed by atoms with Crippen LogP contribution in [0.3, 0.4) is 0 Å². The molecule has 2 aromatic heterocycles. The topological polar surface area (TPSA) is 105 Å². The normalized spacial score (nSPS) is 20.2. The Labute approximate surface area is 192 Å². The number of carbonyl (C=O) groups excluding carboxylic acids is 1. The fourth-order valence-electron chi connectivity index (χ4n) is 3.44. The minimum absolute atomic E-state index is 0.0370. The number of ether oxygens (including phenoxy) is 1. The summed E-state index contributed by atoms with van der Waals surface area (Å²) in [6.45, 7) is 0. The van der Waals surface area contributed by atoms with Crippen molar-refractivity contribution in [3.63, 3.8) is 0 Å². The van der Waals surface area contributed by atoms with Crippen LogP contribution in [0.2, 0.25) is 0 Å². The van der Waals surface area contributed by atoms with E-state index in [-0.39, 0.29) is 29.6 Å². The quantitative estimate of drug-likeness (QED) is 0.419. The zero-order chi connectivity index (χ0) is 23.5. The molecule has 1 aromatic carbocycles. The Morgan fingerprint density at radius 2 is 1.88 bits per heavy atom. The van der Waals surface area contributed by atoms with Gasteiger partial charge in [0, 0.05) is 30.6 Å². The fraction of sp³-hybridized carbons (Fsp3) is 0.217. The number of hydrogen-bond donors (Lipinski definition) is 2. The highest BCUT2D eigenvalue weighted by Crippen LogP contribution is 2.29. The van der Waals surface area contributed by atoms with E-state index >= 15 is 0 Å². The zero-order valence-electron chi connectivity index (χ0n) is 17.0. The predicted molar refractivity (Wildman–Crippen MR) is 115 cm³/mol. The number of benzene rings is 1. The van der Waals surface area contributed by atoms with E-state index in [0.717, 1.165) is 12.1 Å². The third-order valence-electron chi connectivity index (χ3n) is 5.13. The number of alkyl halides is 1. The molecule has 4 rings (SSSR count). The van der Waals surface area contributed by atoms with E-state index in [9.17, 15) is 23.8 Å². The highest BCUT2D eigenvalue weighted by atomic mass is 35.5. The van der Waals surface area contributed by atoms with Gasteiger partial charge in [0.1, 0.15) is 41.4 Å². The summed E-state index contributed by atoms with van der Waals surface area (Å²) in [6.07, 6.45) is 2.16. The van der Waals surface area contributed by atoms with Crippen molar-refractivity contribution in [2.24, 2.45) is 0 Å². The van der Waals surface area contributed by atoms with Crippen LogP contribution in [0.15, 0.2) is 55.0 Å². The maximum atomic E-state index is 14.1. The Balaban J connectivity index is 1.63. The molecule has 10 heteroatoms. The number of ketones is 1. The molecule has 0 saturated carbocycles. The number of carbonyl (C=O) groups is 1. The highest BCUT2D eigenvalue weighted by Gasteiger charge is 2.33. The summed E-state index contributed by atoms with van der Waals surface area (Å²) < 4.78 is 33.9. The molecular weight excluding hydrogens is 456 g/mol. The lowest BCUT2D eigenvalue weighted by molar-refractivity contribution is -0.0442. The predicted octanol–water partition coefficient (Wildman–Crippen LogP) is 2.94. The Bertz CT molecular complexity index is 1200. The molecule has 0 unspecified atom stereocenters. The van der Waals surface area contributed by atoms with Crippen LogP contribution in [0.1, 0.15) is 21.6 Å². The van der Waals surface area contributed by atoms with Crippen LogP contribution < -0.4 is 0 Å². The Kier molecular flexibility index (Phi) is 6.73. The molecule has 0 bridgehead atoms. The van der Waals surface area contributed by atoms with Crippen molar-refractivity contribution < 1.29 is 28.5 Å². The molecule has 0 saturated heterocycles. The number of aliphatic hydroxyl groups excluding tert-OH is 2. The number of hydrogen-bond acceptors (Lipinski definition) is 7. The Hall–Kier alpha value is -3.27. The van der Waals surface area contributed by atoms with Gasteiger partial charge in [-0.1, -0.05) is 6.07 Å². The molecule has 0 amide bonds. The van der Waals surface area contributed by atoms with Gasteiger partial charge in [-0.15, -0.1) is 11.6 Å². The van der Waals surface area contributed by atoms with Crippen molar-refractivity contribution in [2.45, 2.75) is 24.7 Å². The lowest BCUT2D eigenvalue weighted by Crippen LogP contribution is -2.42. The van der Waals surface area contributed by atoms with Crippen molar-refractivity contribution in [1.29, 1.82) is 0 Å². The number of Topliss-reactive ketones (excluding diaryl/α,β-unsaturated/α-hetero) is 1. The van der Waals surface area contributed by atoms with Crippen LogP contribution in [0, 0.1) is 11.6 Å². The number of halogens is 3. The van der Waals surface area contributed by atoms with Gasteiger partial charge in [-0.25, -0.2) is 18.7 Å². The van der Waals surface area contributed by atoms with Gasteiger partial charge < -0.3 is 14.9 Å². The number of nitrogens with zero attached hydrogens (tertiary/aromatic N) is 3. The second-order valence-corrected chi connectivity index (χ2v) is 7.63. The van der Waals surface area contributed by atoms with Crippen molar-refractivity contribution in [3.8, 4) is 11.4 Å². The second kappa shape index (κ2) is 9.70. The average Bonchev–Trinajstić information content (AvgIpc) is 2.81. The largest absolute Gasteiger partial charge is 0.486 e. The molecule has 0 radical (unpaired) electrons. The van der Waals surface area contributed by atoms with Gasteiger partial charge in [0.25, 0.3) is 0 Å². The molecular formula is C23H18ClF2N3O4. The van der Waals surface area contributed by atoms with Crippen molar-refractivity contribution in [1.82, 2.24) is 15.0 Å². The fourth-order valence-corrected chi connectivity index (χ4v) is 3.69. The van der Waals surface area contributed by atoms with Crippen LogP contribution in [-0.2, 0) is 11.2 Å². The van der Waals surface area contributed by atoms with Gasteiger partial charge in [0.15, 0.2) is 11.6 Å². The second-order valence-electron chi connectivity index (χ2n) is 7.32. The third-order valence-corrected chi connectivity index (χ3v) is 5.44. The SMILES string of the molecule is O=C(Cc1cnccc1C1=C[C@@H](O)[C@H](O)[C@@H](CCl)O1)c1ccnc(-c2c(F)cccc2F)n1. The van der Waals surface area contributed by atoms with E-state index in [1.54, 1.807) is 6.07 Å². The van der Waals surface area contributed by atoms with E-state index < -0.39 is 41.3 Å². The molecule has 170 valence electrons. The molecule has 0 spiro atoms. The van der Waals surface area contributed by atoms with Crippen molar-refractivity contribution in [2.75, 3.05) is 5.88 Å². The van der Waals surface area contributed by atoms with E-state index in [1.807, 2.05) is 0 Å². The number of aromatic nitrogens is 3. The van der Waals surface area contributed by atoms with Gasteiger partial charge >= 0.3 is 0 Å². The molecule has 0 aliphatic carbocycles. The molecule has 7 nitrogen and oxygen atoms in total. The number of rotatable bonds is 6. The smallest absolute Gasteiger partial charge is 0.185 e. The Morgan fingerprint density at radius 1 is 1.12 bits per heavy atom. The van der Waals surface area contributed by atoms with Crippen LogP contribution in [-0.4, -0.2) is 55.1 Å². The molecule has 3 aromatic rings. The lowest BCUT2D eigenvalue weighted by Gasteiger charge is -2.31.